The summed E-state index contributed by atoms with van der Waals surface area (Å²) < 4.78 is 49.3. The zero-order chi connectivity index (χ0) is 25.7. The number of sulfone groups is 2. The Morgan fingerprint density at radius 1 is 1.08 bits per heavy atom. The monoisotopic (exact) mass is 525 g/mol. The Labute approximate surface area is 210 Å². The molecule has 1 atom stereocenters. The second kappa shape index (κ2) is 8.97. The van der Waals surface area contributed by atoms with Crippen molar-refractivity contribution >= 4 is 36.5 Å². The van der Waals surface area contributed by atoms with E-state index in [1.807, 2.05) is 18.2 Å². The van der Waals surface area contributed by atoms with Crippen molar-refractivity contribution in [2.24, 2.45) is 5.92 Å². The van der Waals surface area contributed by atoms with Crippen molar-refractivity contribution in [3.05, 3.63) is 60.2 Å². The minimum atomic E-state index is -3.40. The maximum Gasteiger partial charge on any atom is 0.178 e. The number of benzene rings is 1. The van der Waals surface area contributed by atoms with Gasteiger partial charge in [0.05, 0.1) is 27.0 Å². The molecule has 0 fully saturated rings. The van der Waals surface area contributed by atoms with Gasteiger partial charge in [-0.3, -0.25) is 4.98 Å². The van der Waals surface area contributed by atoms with Crippen LogP contribution in [0.5, 0.6) is 0 Å². The predicted octanol–water partition coefficient (Wildman–Crippen LogP) is 3.95. The predicted molar refractivity (Wildman–Crippen MR) is 138 cm³/mol. The number of pyridine rings is 1. The van der Waals surface area contributed by atoms with Gasteiger partial charge in [-0.2, -0.15) is 0 Å². The molecule has 0 unspecified atom stereocenters. The third-order valence-corrected chi connectivity index (χ3v) is 9.44. The van der Waals surface area contributed by atoms with E-state index in [1.54, 1.807) is 18.3 Å². The van der Waals surface area contributed by atoms with Gasteiger partial charge in [0, 0.05) is 29.9 Å². The standard InChI is InChI=1S/C25H27N5O4S2/c1-15(2)23(17-7-6-16-5-4-8-36(33,34)22(16)10-17)30-25-20-11-21(29-24(20)27-14-28-25)18-9-19(13-26-12-18)35(3,31)32/h6-7,9-15,23H,4-5,8H2,1-3H3,(H2,27,28,29,30)/t23-/m1/s1. The number of hydrogen-bond donors (Lipinski definition) is 2. The summed E-state index contributed by atoms with van der Waals surface area (Å²) in [6.07, 6.45) is 6.92. The number of rotatable bonds is 6. The largest absolute Gasteiger partial charge is 0.362 e. The maximum absolute atomic E-state index is 12.7. The van der Waals surface area contributed by atoms with Crippen molar-refractivity contribution < 1.29 is 16.8 Å². The molecule has 0 saturated heterocycles. The molecule has 0 spiro atoms. The van der Waals surface area contributed by atoms with E-state index in [0.717, 1.165) is 29.2 Å². The number of anilines is 1. The van der Waals surface area contributed by atoms with Gasteiger partial charge < -0.3 is 10.3 Å². The van der Waals surface area contributed by atoms with Crippen LogP contribution in [-0.2, 0) is 26.1 Å². The van der Waals surface area contributed by atoms with Crippen LogP contribution in [0, 0.1) is 5.92 Å². The van der Waals surface area contributed by atoms with Crippen LogP contribution >= 0.6 is 0 Å². The zero-order valence-corrected chi connectivity index (χ0v) is 21.8. The fourth-order valence-corrected chi connectivity index (χ4v) is 6.81. The van der Waals surface area contributed by atoms with Crippen molar-refractivity contribution in [1.29, 1.82) is 0 Å². The van der Waals surface area contributed by atoms with Crippen LogP contribution in [0.15, 0.2) is 58.8 Å². The molecule has 4 heterocycles. The third kappa shape index (κ3) is 4.60. The van der Waals surface area contributed by atoms with Crippen molar-refractivity contribution in [3.8, 4) is 11.3 Å². The Kier molecular flexibility index (Phi) is 6.08. The molecule has 1 aliphatic heterocycles. The van der Waals surface area contributed by atoms with Gasteiger partial charge in [-0.15, -0.1) is 0 Å². The second-order valence-electron chi connectivity index (χ2n) is 9.50. The first-order chi connectivity index (χ1) is 17.0. The lowest BCUT2D eigenvalue weighted by atomic mass is 9.94. The highest BCUT2D eigenvalue weighted by molar-refractivity contribution is 7.91. The molecule has 3 aromatic heterocycles. The third-order valence-electron chi connectivity index (χ3n) is 6.48. The molecule has 4 aromatic rings. The summed E-state index contributed by atoms with van der Waals surface area (Å²) in [4.78, 5) is 16.7. The first-order valence-corrected chi connectivity index (χ1v) is 15.2. The Morgan fingerprint density at radius 2 is 1.89 bits per heavy atom. The first kappa shape index (κ1) is 24.4. The number of aryl methyl sites for hydroxylation is 1. The molecule has 9 nitrogen and oxygen atoms in total. The van der Waals surface area contributed by atoms with E-state index in [-0.39, 0.29) is 22.6 Å². The molecular formula is C25H27N5O4S2. The Hall–Kier alpha value is -3.31. The molecular weight excluding hydrogens is 498 g/mol. The Balaban J connectivity index is 1.53. The van der Waals surface area contributed by atoms with E-state index in [1.165, 1.54) is 12.5 Å². The summed E-state index contributed by atoms with van der Waals surface area (Å²) >= 11 is 0. The van der Waals surface area contributed by atoms with E-state index in [0.29, 0.717) is 34.0 Å². The fraction of sp³-hybridized carbons (Fsp3) is 0.320. The molecule has 5 rings (SSSR count). The summed E-state index contributed by atoms with van der Waals surface area (Å²) in [6.45, 7) is 4.13. The highest BCUT2D eigenvalue weighted by atomic mass is 32.2. The summed E-state index contributed by atoms with van der Waals surface area (Å²) in [7, 11) is -6.68. The second-order valence-corrected chi connectivity index (χ2v) is 13.6. The molecule has 0 bridgehead atoms. The number of nitrogens with one attached hydrogen (secondary N) is 2. The van der Waals surface area contributed by atoms with Crippen LogP contribution in [0.25, 0.3) is 22.3 Å². The van der Waals surface area contributed by atoms with Crippen LogP contribution in [0.1, 0.15) is 37.4 Å². The Morgan fingerprint density at radius 3 is 2.64 bits per heavy atom. The number of aromatic amines is 1. The summed E-state index contributed by atoms with van der Waals surface area (Å²) in [5, 5.41) is 4.22. The van der Waals surface area contributed by atoms with E-state index in [4.69, 9.17) is 0 Å². The zero-order valence-electron chi connectivity index (χ0n) is 20.2. The number of aromatic nitrogens is 4. The van der Waals surface area contributed by atoms with Gasteiger partial charge in [0.2, 0.25) is 0 Å². The van der Waals surface area contributed by atoms with Crippen LogP contribution in [0.2, 0.25) is 0 Å². The molecule has 11 heteroatoms. The lowest BCUT2D eigenvalue weighted by molar-refractivity contribution is 0.542. The van der Waals surface area contributed by atoms with Crippen LogP contribution in [0.3, 0.4) is 0 Å². The topological polar surface area (TPSA) is 135 Å². The maximum atomic E-state index is 12.7. The number of H-pyrrole nitrogens is 1. The summed E-state index contributed by atoms with van der Waals surface area (Å²) in [5.41, 5.74) is 3.61. The van der Waals surface area contributed by atoms with Crippen molar-refractivity contribution in [2.45, 2.75) is 42.5 Å². The molecule has 0 radical (unpaired) electrons. The molecule has 2 N–H and O–H groups in total. The minimum absolute atomic E-state index is 0.130. The molecule has 188 valence electrons. The summed E-state index contributed by atoms with van der Waals surface area (Å²) in [5.74, 6) is 0.902. The number of fused-ring (bicyclic) bond motifs is 2. The lowest BCUT2D eigenvalue weighted by Crippen LogP contribution is -2.20. The van der Waals surface area contributed by atoms with Gasteiger partial charge in [-0.25, -0.2) is 26.8 Å². The molecule has 0 amide bonds. The fourth-order valence-electron chi connectivity index (χ4n) is 4.58. The average molecular weight is 526 g/mol. The molecule has 36 heavy (non-hydrogen) atoms. The van der Waals surface area contributed by atoms with Gasteiger partial charge in [0.1, 0.15) is 17.8 Å². The molecule has 0 saturated carbocycles. The van der Waals surface area contributed by atoms with Crippen molar-refractivity contribution in [3.63, 3.8) is 0 Å². The first-order valence-electron chi connectivity index (χ1n) is 11.6. The van der Waals surface area contributed by atoms with Gasteiger partial charge in [0.15, 0.2) is 19.7 Å². The van der Waals surface area contributed by atoms with E-state index in [2.05, 4.69) is 39.1 Å². The van der Waals surface area contributed by atoms with Gasteiger partial charge in [0.25, 0.3) is 0 Å². The summed E-state index contributed by atoms with van der Waals surface area (Å²) in [6, 6.07) is 8.93. The van der Waals surface area contributed by atoms with Crippen molar-refractivity contribution in [2.75, 3.05) is 17.3 Å². The smallest absolute Gasteiger partial charge is 0.178 e. The Bertz CT molecular complexity index is 1680. The highest BCUT2D eigenvalue weighted by Crippen LogP contribution is 2.34. The molecule has 1 aliphatic rings. The SMILES string of the molecule is CC(C)[C@@H](Nc1ncnc2[nH]c(-c3cncc(S(C)(=O)=O)c3)cc12)c1ccc2c(c1)S(=O)(=O)CCC2. The van der Waals surface area contributed by atoms with E-state index in [9.17, 15) is 16.8 Å². The van der Waals surface area contributed by atoms with E-state index >= 15 is 0 Å². The van der Waals surface area contributed by atoms with Crippen molar-refractivity contribution in [1.82, 2.24) is 19.9 Å². The molecule has 0 aliphatic carbocycles. The lowest BCUT2D eigenvalue weighted by Gasteiger charge is -2.26. The van der Waals surface area contributed by atoms with Gasteiger partial charge in [-0.1, -0.05) is 26.0 Å². The normalized spacial score (nSPS) is 16.1. The van der Waals surface area contributed by atoms with Crippen LogP contribution in [-0.4, -0.2) is 48.8 Å². The minimum Gasteiger partial charge on any atom is -0.362 e. The van der Waals surface area contributed by atoms with Crippen LogP contribution < -0.4 is 5.32 Å². The number of nitrogens with zero attached hydrogens (tertiary/aromatic N) is 3. The number of hydrogen-bond acceptors (Lipinski definition) is 8. The quantitative estimate of drug-likeness (QED) is 0.386. The van der Waals surface area contributed by atoms with Gasteiger partial charge in [-0.05, 0) is 48.1 Å². The molecule has 1 aromatic carbocycles. The highest BCUT2D eigenvalue weighted by Gasteiger charge is 2.26. The average Bonchev–Trinajstić information content (AvgIpc) is 3.27. The van der Waals surface area contributed by atoms with E-state index < -0.39 is 19.7 Å². The van der Waals surface area contributed by atoms with Gasteiger partial charge >= 0.3 is 0 Å². The van der Waals surface area contributed by atoms with Crippen LogP contribution in [0.4, 0.5) is 5.82 Å².